The number of halogens is 1. The van der Waals surface area contributed by atoms with Crippen LogP contribution in [0.4, 0.5) is 0 Å². The standard InChI is InChI=1S/C20H23ClN2O4S/c1-14(16-4-2-5-17(21)12-16)23-20(24)15-7-9-19(10-8-15)28(25,26)22-13-18-6-3-11-27-18/h2,4-5,7-10,12,14,18,22H,3,6,11,13H2,1H3,(H,23,24)/t14-,18-/m1/s1. The first-order chi connectivity index (χ1) is 13.3. The molecule has 1 amide bonds. The van der Waals surface area contributed by atoms with Gasteiger partial charge in [0.1, 0.15) is 0 Å². The Morgan fingerprint density at radius 3 is 2.64 bits per heavy atom. The molecule has 0 unspecified atom stereocenters. The minimum atomic E-state index is -3.64. The average Bonchev–Trinajstić information content (AvgIpc) is 3.20. The van der Waals surface area contributed by atoms with E-state index in [-0.39, 0.29) is 29.5 Å². The SMILES string of the molecule is C[C@@H](NC(=O)c1ccc(S(=O)(=O)NC[C@H]2CCCO2)cc1)c1cccc(Cl)c1. The molecule has 3 rings (SSSR count). The maximum absolute atomic E-state index is 12.4. The van der Waals surface area contributed by atoms with Crippen molar-refractivity contribution in [3.8, 4) is 0 Å². The fraction of sp³-hybridized carbons (Fsp3) is 0.350. The molecule has 6 nitrogen and oxygen atoms in total. The van der Waals surface area contributed by atoms with Gasteiger partial charge in [-0.25, -0.2) is 13.1 Å². The summed E-state index contributed by atoms with van der Waals surface area (Å²) in [5.41, 5.74) is 1.27. The second-order valence-electron chi connectivity index (χ2n) is 6.76. The van der Waals surface area contributed by atoms with Gasteiger partial charge in [-0.05, 0) is 61.7 Å². The molecule has 0 spiro atoms. The van der Waals surface area contributed by atoms with Crippen molar-refractivity contribution in [1.29, 1.82) is 0 Å². The van der Waals surface area contributed by atoms with Gasteiger partial charge in [-0.15, -0.1) is 0 Å². The van der Waals surface area contributed by atoms with Crippen LogP contribution in [0.3, 0.4) is 0 Å². The van der Waals surface area contributed by atoms with Gasteiger partial charge in [0.15, 0.2) is 0 Å². The Labute approximate surface area is 170 Å². The highest BCUT2D eigenvalue weighted by Crippen LogP contribution is 2.18. The van der Waals surface area contributed by atoms with Crippen molar-refractivity contribution in [3.05, 3.63) is 64.7 Å². The largest absolute Gasteiger partial charge is 0.377 e. The van der Waals surface area contributed by atoms with Crippen LogP contribution in [0.5, 0.6) is 0 Å². The smallest absolute Gasteiger partial charge is 0.251 e. The summed E-state index contributed by atoms with van der Waals surface area (Å²) in [5.74, 6) is -0.288. The van der Waals surface area contributed by atoms with E-state index in [0.717, 1.165) is 18.4 Å². The minimum Gasteiger partial charge on any atom is -0.377 e. The van der Waals surface area contributed by atoms with Gasteiger partial charge >= 0.3 is 0 Å². The predicted molar refractivity (Wildman–Crippen MR) is 108 cm³/mol. The molecule has 2 aromatic carbocycles. The molecular weight excluding hydrogens is 400 g/mol. The van der Waals surface area contributed by atoms with E-state index in [1.165, 1.54) is 24.3 Å². The van der Waals surface area contributed by atoms with Crippen LogP contribution in [0.25, 0.3) is 0 Å². The lowest BCUT2D eigenvalue weighted by atomic mass is 10.1. The molecule has 28 heavy (non-hydrogen) atoms. The van der Waals surface area contributed by atoms with E-state index in [4.69, 9.17) is 16.3 Å². The zero-order valence-corrected chi connectivity index (χ0v) is 17.1. The second kappa shape index (κ2) is 9.05. The van der Waals surface area contributed by atoms with Crippen LogP contribution < -0.4 is 10.0 Å². The highest BCUT2D eigenvalue weighted by atomic mass is 35.5. The first-order valence-corrected chi connectivity index (χ1v) is 11.0. The van der Waals surface area contributed by atoms with Gasteiger partial charge in [0.2, 0.25) is 10.0 Å². The van der Waals surface area contributed by atoms with E-state index in [0.29, 0.717) is 17.2 Å². The molecule has 8 heteroatoms. The third-order valence-electron chi connectivity index (χ3n) is 4.65. The Bertz CT molecular complexity index is 925. The molecule has 0 bridgehead atoms. The Kier molecular flexibility index (Phi) is 6.72. The summed E-state index contributed by atoms with van der Waals surface area (Å²) in [6, 6.07) is 12.9. The number of nitrogens with one attached hydrogen (secondary N) is 2. The molecule has 1 aliphatic heterocycles. The van der Waals surface area contributed by atoms with Crippen molar-refractivity contribution < 1.29 is 17.9 Å². The van der Waals surface area contributed by atoms with E-state index in [1.54, 1.807) is 12.1 Å². The van der Waals surface area contributed by atoms with Gasteiger partial charge in [-0.3, -0.25) is 4.79 Å². The number of hydrogen-bond donors (Lipinski definition) is 2. The van der Waals surface area contributed by atoms with Crippen molar-refractivity contribution in [2.45, 2.75) is 36.8 Å². The molecule has 2 N–H and O–H groups in total. The fourth-order valence-corrected chi connectivity index (χ4v) is 4.28. The molecule has 2 aromatic rings. The maximum atomic E-state index is 12.4. The summed E-state index contributed by atoms with van der Waals surface area (Å²) < 4.78 is 32.8. The van der Waals surface area contributed by atoms with Crippen LogP contribution in [0.1, 0.15) is 41.7 Å². The first kappa shape index (κ1) is 20.8. The van der Waals surface area contributed by atoms with E-state index >= 15 is 0 Å². The summed E-state index contributed by atoms with van der Waals surface area (Å²) in [4.78, 5) is 12.6. The number of carbonyl (C=O) groups is 1. The van der Waals surface area contributed by atoms with E-state index in [2.05, 4.69) is 10.0 Å². The molecule has 2 atom stereocenters. The van der Waals surface area contributed by atoms with E-state index in [1.807, 2.05) is 19.1 Å². The summed E-state index contributed by atoms with van der Waals surface area (Å²) in [5, 5.41) is 3.48. The lowest BCUT2D eigenvalue weighted by molar-refractivity contribution is 0.0939. The van der Waals surface area contributed by atoms with Crippen LogP contribution >= 0.6 is 11.6 Å². The maximum Gasteiger partial charge on any atom is 0.251 e. The number of carbonyl (C=O) groups excluding carboxylic acids is 1. The monoisotopic (exact) mass is 422 g/mol. The van der Waals surface area contributed by atoms with Crippen molar-refractivity contribution in [1.82, 2.24) is 10.0 Å². The van der Waals surface area contributed by atoms with E-state index in [9.17, 15) is 13.2 Å². The summed E-state index contributed by atoms with van der Waals surface area (Å²) in [6.07, 6.45) is 1.73. The van der Waals surface area contributed by atoms with Crippen LogP contribution in [0.2, 0.25) is 5.02 Å². The molecule has 0 radical (unpaired) electrons. The summed E-state index contributed by atoms with van der Waals surface area (Å²) in [6.45, 7) is 2.78. The number of rotatable bonds is 7. The highest BCUT2D eigenvalue weighted by Gasteiger charge is 2.20. The van der Waals surface area contributed by atoms with E-state index < -0.39 is 10.0 Å². The minimum absolute atomic E-state index is 0.0761. The molecule has 0 aliphatic carbocycles. The number of ether oxygens (including phenoxy) is 1. The van der Waals surface area contributed by atoms with Crippen molar-refractivity contribution in [3.63, 3.8) is 0 Å². The van der Waals surface area contributed by atoms with Crippen LogP contribution in [-0.2, 0) is 14.8 Å². The molecule has 1 heterocycles. The van der Waals surface area contributed by atoms with Crippen molar-refractivity contribution >= 4 is 27.5 Å². The summed E-state index contributed by atoms with van der Waals surface area (Å²) in [7, 11) is -3.64. The summed E-state index contributed by atoms with van der Waals surface area (Å²) >= 11 is 5.99. The molecule has 1 aliphatic rings. The lowest BCUT2D eigenvalue weighted by Crippen LogP contribution is -2.32. The number of hydrogen-bond acceptors (Lipinski definition) is 4. The molecular formula is C20H23ClN2O4S. The second-order valence-corrected chi connectivity index (χ2v) is 8.96. The third-order valence-corrected chi connectivity index (χ3v) is 6.32. The first-order valence-electron chi connectivity index (χ1n) is 9.13. The lowest BCUT2D eigenvalue weighted by Gasteiger charge is -2.15. The predicted octanol–water partition coefficient (Wildman–Crippen LogP) is 3.29. The quantitative estimate of drug-likeness (QED) is 0.717. The van der Waals surface area contributed by atoms with Crippen LogP contribution in [-0.4, -0.2) is 33.6 Å². The topological polar surface area (TPSA) is 84.5 Å². The van der Waals surface area contributed by atoms with Gasteiger partial charge in [0.05, 0.1) is 17.0 Å². The molecule has 0 aromatic heterocycles. The van der Waals surface area contributed by atoms with Gasteiger partial charge < -0.3 is 10.1 Å². The van der Waals surface area contributed by atoms with Gasteiger partial charge in [0.25, 0.3) is 5.91 Å². The number of amides is 1. The molecule has 150 valence electrons. The van der Waals surface area contributed by atoms with Gasteiger partial charge in [-0.2, -0.15) is 0 Å². The zero-order chi connectivity index (χ0) is 20.1. The van der Waals surface area contributed by atoms with Crippen LogP contribution in [0, 0.1) is 0 Å². The number of benzene rings is 2. The molecule has 1 saturated heterocycles. The van der Waals surface area contributed by atoms with Gasteiger partial charge in [-0.1, -0.05) is 23.7 Å². The average molecular weight is 423 g/mol. The van der Waals surface area contributed by atoms with Crippen molar-refractivity contribution in [2.24, 2.45) is 0 Å². The normalized spacial score (nSPS) is 18.0. The fourth-order valence-electron chi connectivity index (χ4n) is 3.02. The molecule has 0 saturated carbocycles. The highest BCUT2D eigenvalue weighted by molar-refractivity contribution is 7.89. The van der Waals surface area contributed by atoms with Crippen molar-refractivity contribution in [2.75, 3.05) is 13.2 Å². The third kappa shape index (κ3) is 5.32. The van der Waals surface area contributed by atoms with Crippen LogP contribution in [0.15, 0.2) is 53.4 Å². The van der Waals surface area contributed by atoms with Gasteiger partial charge in [0, 0.05) is 23.7 Å². The zero-order valence-electron chi connectivity index (χ0n) is 15.5. The Hall–Kier alpha value is -1.93. The molecule has 1 fully saturated rings. The Morgan fingerprint density at radius 1 is 1.25 bits per heavy atom. The Balaban J connectivity index is 1.61. The Morgan fingerprint density at radius 2 is 2.00 bits per heavy atom. The number of sulfonamides is 1.